The summed E-state index contributed by atoms with van der Waals surface area (Å²) >= 11 is 11.9. The van der Waals surface area contributed by atoms with Crippen LogP contribution in [0, 0.1) is 0 Å². The molecule has 0 aliphatic heterocycles. The van der Waals surface area contributed by atoms with Crippen molar-refractivity contribution in [2.24, 2.45) is 0 Å². The van der Waals surface area contributed by atoms with E-state index >= 15 is 0 Å². The van der Waals surface area contributed by atoms with Gasteiger partial charge in [0.1, 0.15) is 0 Å². The minimum Gasteiger partial charge on any atom is -0.451 e. The molecule has 1 aromatic heterocycles. The quantitative estimate of drug-likeness (QED) is 0.710. The molecular formula is C17H12Cl2N2O3. The molecule has 0 fully saturated rings. The molecule has 0 spiro atoms. The molecule has 0 radical (unpaired) electrons. The predicted octanol–water partition coefficient (Wildman–Crippen LogP) is 4.15. The second kappa shape index (κ2) is 6.63. The lowest BCUT2D eigenvalue weighted by Crippen LogP contribution is -2.17. The fraction of sp³-hybridized carbons (Fsp3) is 0.118. The summed E-state index contributed by atoms with van der Waals surface area (Å²) in [7, 11) is 0. The van der Waals surface area contributed by atoms with Crippen molar-refractivity contribution in [3.8, 4) is 0 Å². The average Bonchev–Trinajstić information content (AvgIpc) is 2.57. The average molecular weight is 363 g/mol. The van der Waals surface area contributed by atoms with Crippen LogP contribution in [0.2, 0.25) is 10.0 Å². The Morgan fingerprint density at radius 1 is 1.21 bits per heavy atom. The highest BCUT2D eigenvalue weighted by Crippen LogP contribution is 2.24. The van der Waals surface area contributed by atoms with Crippen LogP contribution in [0.3, 0.4) is 0 Å². The van der Waals surface area contributed by atoms with E-state index < -0.39 is 12.1 Å². The highest BCUT2D eigenvalue weighted by molar-refractivity contribution is 6.35. The monoisotopic (exact) mass is 362 g/mol. The summed E-state index contributed by atoms with van der Waals surface area (Å²) in [5.41, 5.74) is 0.387. The van der Waals surface area contributed by atoms with E-state index in [1.165, 1.54) is 12.1 Å². The fourth-order valence-electron chi connectivity index (χ4n) is 2.23. The van der Waals surface area contributed by atoms with E-state index in [2.05, 4.69) is 9.97 Å². The summed E-state index contributed by atoms with van der Waals surface area (Å²) in [6, 6.07) is 11.4. The Labute approximate surface area is 147 Å². The van der Waals surface area contributed by atoms with Crippen molar-refractivity contribution in [3.63, 3.8) is 0 Å². The van der Waals surface area contributed by atoms with Gasteiger partial charge in [0.25, 0.3) is 5.56 Å². The number of nitrogens with one attached hydrogen (secondary N) is 1. The number of H-pyrrole nitrogens is 1. The molecule has 24 heavy (non-hydrogen) atoms. The summed E-state index contributed by atoms with van der Waals surface area (Å²) in [4.78, 5) is 31.3. The van der Waals surface area contributed by atoms with Crippen molar-refractivity contribution in [3.05, 3.63) is 74.3 Å². The molecule has 7 heteroatoms. The van der Waals surface area contributed by atoms with Gasteiger partial charge in [-0.1, -0.05) is 35.3 Å². The van der Waals surface area contributed by atoms with Crippen LogP contribution >= 0.6 is 23.2 Å². The maximum atomic E-state index is 12.3. The number of fused-ring (bicyclic) bond motifs is 1. The normalized spacial score (nSPS) is 12.1. The molecule has 1 atom stereocenters. The van der Waals surface area contributed by atoms with Gasteiger partial charge in [-0.2, -0.15) is 0 Å². The number of esters is 1. The molecule has 0 amide bonds. The van der Waals surface area contributed by atoms with Crippen molar-refractivity contribution >= 4 is 40.1 Å². The number of aromatic amines is 1. The van der Waals surface area contributed by atoms with Crippen LogP contribution in [0.25, 0.3) is 10.9 Å². The Kier molecular flexibility index (Phi) is 4.55. The van der Waals surface area contributed by atoms with Crippen LogP contribution in [-0.4, -0.2) is 15.9 Å². The van der Waals surface area contributed by atoms with Gasteiger partial charge in [0.2, 0.25) is 0 Å². The third kappa shape index (κ3) is 3.27. The standard InChI is InChI=1S/C17H12Cl2N2O3/c1-9(24-17(23)12-8-10(18)6-7-13(12)19)15-20-14-5-3-2-4-11(14)16(22)21-15/h2-9H,1H3,(H,20,21,22)/t9-/m1/s1. The third-order valence-corrected chi connectivity index (χ3v) is 4.01. The Balaban J connectivity index is 1.89. The van der Waals surface area contributed by atoms with Gasteiger partial charge >= 0.3 is 5.97 Å². The molecule has 3 aromatic rings. The van der Waals surface area contributed by atoms with Crippen molar-refractivity contribution in [1.29, 1.82) is 0 Å². The van der Waals surface area contributed by atoms with Crippen molar-refractivity contribution in [2.75, 3.05) is 0 Å². The number of aromatic nitrogens is 2. The van der Waals surface area contributed by atoms with E-state index in [-0.39, 0.29) is 22.0 Å². The number of carbonyl (C=O) groups is 1. The van der Waals surface area contributed by atoms with Crippen molar-refractivity contribution < 1.29 is 9.53 Å². The topological polar surface area (TPSA) is 72.0 Å². The number of benzene rings is 2. The van der Waals surface area contributed by atoms with E-state index in [1.807, 2.05) is 0 Å². The smallest absolute Gasteiger partial charge is 0.340 e. The van der Waals surface area contributed by atoms with Gasteiger partial charge in [0.05, 0.1) is 21.5 Å². The van der Waals surface area contributed by atoms with E-state index in [0.717, 1.165) is 0 Å². The number of halogens is 2. The second-order valence-electron chi connectivity index (χ2n) is 5.14. The maximum Gasteiger partial charge on any atom is 0.340 e. The molecule has 1 heterocycles. The van der Waals surface area contributed by atoms with Gasteiger partial charge in [0, 0.05) is 5.02 Å². The maximum absolute atomic E-state index is 12.3. The Morgan fingerprint density at radius 2 is 1.96 bits per heavy atom. The van der Waals surface area contributed by atoms with Gasteiger partial charge in [-0.15, -0.1) is 0 Å². The van der Waals surface area contributed by atoms with Gasteiger partial charge in [-0.25, -0.2) is 9.78 Å². The molecule has 0 saturated carbocycles. The highest BCUT2D eigenvalue weighted by atomic mass is 35.5. The first-order valence-electron chi connectivity index (χ1n) is 7.10. The largest absolute Gasteiger partial charge is 0.451 e. The molecule has 2 aromatic carbocycles. The minimum absolute atomic E-state index is 0.152. The highest BCUT2D eigenvalue weighted by Gasteiger charge is 2.19. The van der Waals surface area contributed by atoms with Crippen LogP contribution in [0.5, 0.6) is 0 Å². The fourth-order valence-corrected chi connectivity index (χ4v) is 2.60. The molecule has 122 valence electrons. The molecule has 0 bridgehead atoms. The van der Waals surface area contributed by atoms with Crippen molar-refractivity contribution in [2.45, 2.75) is 13.0 Å². The third-order valence-electron chi connectivity index (χ3n) is 3.45. The first-order chi connectivity index (χ1) is 11.5. The SMILES string of the molecule is C[C@@H](OC(=O)c1cc(Cl)ccc1Cl)c1nc2ccccc2c(=O)[nH]1. The lowest BCUT2D eigenvalue weighted by molar-refractivity contribution is 0.0320. The molecule has 0 aliphatic rings. The van der Waals surface area contributed by atoms with E-state index in [9.17, 15) is 9.59 Å². The zero-order valence-corrected chi connectivity index (χ0v) is 14.1. The lowest BCUT2D eigenvalue weighted by atomic mass is 10.2. The van der Waals surface area contributed by atoms with E-state index in [4.69, 9.17) is 27.9 Å². The summed E-state index contributed by atoms with van der Waals surface area (Å²) in [6.45, 7) is 1.61. The number of hydrogen-bond donors (Lipinski definition) is 1. The van der Waals surface area contributed by atoms with Gasteiger partial charge in [0.15, 0.2) is 11.9 Å². The first kappa shape index (κ1) is 16.5. The molecule has 3 rings (SSSR count). The Morgan fingerprint density at radius 3 is 2.75 bits per heavy atom. The number of nitrogens with zero attached hydrogens (tertiary/aromatic N) is 1. The van der Waals surface area contributed by atoms with Crippen LogP contribution < -0.4 is 5.56 Å². The lowest BCUT2D eigenvalue weighted by Gasteiger charge is -2.13. The predicted molar refractivity (Wildman–Crippen MR) is 92.7 cm³/mol. The molecule has 1 N–H and O–H groups in total. The number of hydrogen-bond acceptors (Lipinski definition) is 4. The summed E-state index contributed by atoms with van der Waals surface area (Å²) in [6.07, 6.45) is -0.759. The molecule has 0 saturated heterocycles. The summed E-state index contributed by atoms with van der Waals surface area (Å²) in [5.74, 6) is -0.393. The zero-order chi connectivity index (χ0) is 17.3. The van der Waals surface area contributed by atoms with Crippen LogP contribution in [0.1, 0.15) is 29.2 Å². The Bertz CT molecular complexity index is 985. The molecule has 5 nitrogen and oxygen atoms in total. The summed E-state index contributed by atoms with van der Waals surface area (Å²) < 4.78 is 5.35. The van der Waals surface area contributed by atoms with Gasteiger partial charge in [-0.05, 0) is 37.3 Å². The molecule has 0 unspecified atom stereocenters. The van der Waals surface area contributed by atoms with Crippen LogP contribution in [0.4, 0.5) is 0 Å². The van der Waals surface area contributed by atoms with Crippen LogP contribution in [0.15, 0.2) is 47.3 Å². The van der Waals surface area contributed by atoms with Crippen LogP contribution in [-0.2, 0) is 4.74 Å². The first-order valence-corrected chi connectivity index (χ1v) is 7.86. The minimum atomic E-state index is -0.759. The molecular weight excluding hydrogens is 351 g/mol. The Hall–Kier alpha value is -2.37. The zero-order valence-electron chi connectivity index (χ0n) is 12.5. The number of para-hydroxylation sites is 1. The summed E-state index contributed by atoms with van der Waals surface area (Å²) in [5, 5.41) is 1.07. The van der Waals surface area contributed by atoms with Crippen molar-refractivity contribution in [1.82, 2.24) is 9.97 Å². The van der Waals surface area contributed by atoms with E-state index in [0.29, 0.717) is 15.9 Å². The number of carbonyl (C=O) groups excluding carboxylic acids is 1. The number of rotatable bonds is 3. The molecule has 0 aliphatic carbocycles. The number of ether oxygens (including phenoxy) is 1. The second-order valence-corrected chi connectivity index (χ2v) is 5.98. The van der Waals surface area contributed by atoms with Gasteiger partial charge in [-0.3, -0.25) is 4.79 Å². The van der Waals surface area contributed by atoms with E-state index in [1.54, 1.807) is 37.3 Å². The van der Waals surface area contributed by atoms with Gasteiger partial charge < -0.3 is 9.72 Å².